The van der Waals surface area contributed by atoms with Crippen LogP contribution in [0, 0.1) is 13.8 Å². The minimum atomic E-state index is 0. The van der Waals surface area contributed by atoms with Crippen LogP contribution in [0.25, 0.3) is 0 Å². The van der Waals surface area contributed by atoms with E-state index in [9.17, 15) is 0 Å². The molecule has 2 aromatic rings. The van der Waals surface area contributed by atoms with E-state index in [2.05, 4.69) is 56.7 Å². The van der Waals surface area contributed by atoms with Gasteiger partial charge >= 0.3 is 0 Å². The van der Waals surface area contributed by atoms with E-state index in [1.807, 2.05) is 6.92 Å². The highest BCUT2D eigenvalue weighted by atomic mass is 127. The Hall–Kier alpha value is -1.19. The first-order valence-corrected chi connectivity index (χ1v) is 10.1. The monoisotopic (exact) mass is 499 g/mol. The average molecular weight is 499 g/mol. The molecule has 27 heavy (non-hydrogen) atoms. The number of aryl methyl sites for hydroxylation is 2. The molecule has 148 valence electrons. The van der Waals surface area contributed by atoms with E-state index in [0.29, 0.717) is 0 Å². The second-order valence-electron chi connectivity index (χ2n) is 6.82. The van der Waals surface area contributed by atoms with E-state index < -0.39 is 0 Å². The predicted molar refractivity (Wildman–Crippen MR) is 125 cm³/mol. The summed E-state index contributed by atoms with van der Waals surface area (Å²) in [5.74, 6) is 0.816. The standard InChI is InChI=1S/C20H29N5S.HI/c1-15-19(26-16(2)24-15)13-23-20(21-3)22-12-17-6-8-18(9-7-17)14-25-10-4-5-11-25;/h6-9H,4-5,10-14H2,1-3H3,(H2,21,22,23);1H. The first kappa shape index (κ1) is 22.1. The van der Waals surface area contributed by atoms with E-state index in [1.54, 1.807) is 18.4 Å². The van der Waals surface area contributed by atoms with E-state index >= 15 is 0 Å². The molecule has 2 N–H and O–H groups in total. The third kappa shape index (κ3) is 6.73. The van der Waals surface area contributed by atoms with Gasteiger partial charge in [-0.2, -0.15) is 0 Å². The van der Waals surface area contributed by atoms with Crippen molar-refractivity contribution in [3.05, 3.63) is 51.0 Å². The van der Waals surface area contributed by atoms with Gasteiger partial charge in [-0.1, -0.05) is 24.3 Å². The Kier molecular flexibility index (Phi) is 8.98. The van der Waals surface area contributed by atoms with Crippen LogP contribution in [0.2, 0.25) is 0 Å². The number of rotatable bonds is 6. The number of hydrogen-bond donors (Lipinski definition) is 2. The van der Waals surface area contributed by atoms with Crippen LogP contribution in [-0.4, -0.2) is 36.0 Å². The fraction of sp³-hybridized carbons (Fsp3) is 0.500. The number of guanidine groups is 1. The number of aromatic nitrogens is 1. The number of aliphatic imine (C=N–C) groups is 1. The van der Waals surface area contributed by atoms with Gasteiger partial charge in [0, 0.05) is 25.0 Å². The van der Waals surface area contributed by atoms with Crippen molar-refractivity contribution in [2.24, 2.45) is 4.99 Å². The molecule has 0 bridgehead atoms. The highest BCUT2D eigenvalue weighted by Crippen LogP contribution is 2.16. The maximum absolute atomic E-state index is 4.47. The van der Waals surface area contributed by atoms with Crippen LogP contribution in [0.4, 0.5) is 0 Å². The second-order valence-corrected chi connectivity index (χ2v) is 8.11. The number of nitrogens with one attached hydrogen (secondary N) is 2. The number of halogens is 1. The van der Waals surface area contributed by atoms with Crippen LogP contribution in [0.1, 0.15) is 39.5 Å². The van der Waals surface area contributed by atoms with Crippen molar-refractivity contribution in [2.45, 2.75) is 46.3 Å². The Labute approximate surface area is 183 Å². The summed E-state index contributed by atoms with van der Waals surface area (Å²) in [6, 6.07) is 8.91. The zero-order valence-electron chi connectivity index (χ0n) is 16.4. The van der Waals surface area contributed by atoms with E-state index in [-0.39, 0.29) is 24.0 Å². The minimum Gasteiger partial charge on any atom is -0.352 e. The largest absolute Gasteiger partial charge is 0.352 e. The minimum absolute atomic E-state index is 0. The molecule has 0 amide bonds. The molecule has 1 aromatic carbocycles. The first-order valence-electron chi connectivity index (χ1n) is 9.31. The van der Waals surface area contributed by atoms with Crippen LogP contribution in [0.15, 0.2) is 29.3 Å². The Morgan fingerprint density at radius 3 is 2.30 bits per heavy atom. The van der Waals surface area contributed by atoms with Gasteiger partial charge in [-0.15, -0.1) is 35.3 Å². The molecule has 0 atom stereocenters. The molecule has 1 saturated heterocycles. The molecule has 1 aliphatic rings. The summed E-state index contributed by atoms with van der Waals surface area (Å²) in [6.07, 6.45) is 2.68. The van der Waals surface area contributed by atoms with Gasteiger partial charge in [-0.3, -0.25) is 9.89 Å². The topological polar surface area (TPSA) is 52.6 Å². The summed E-state index contributed by atoms with van der Waals surface area (Å²) in [6.45, 7) is 9.18. The summed E-state index contributed by atoms with van der Waals surface area (Å²) >= 11 is 1.74. The lowest BCUT2D eigenvalue weighted by Crippen LogP contribution is -2.36. The Morgan fingerprint density at radius 2 is 1.70 bits per heavy atom. The molecule has 7 heteroatoms. The molecule has 1 aromatic heterocycles. The molecule has 0 saturated carbocycles. The van der Waals surface area contributed by atoms with Crippen molar-refractivity contribution in [3.63, 3.8) is 0 Å². The van der Waals surface area contributed by atoms with Crippen LogP contribution in [0.5, 0.6) is 0 Å². The molecule has 0 radical (unpaired) electrons. The highest BCUT2D eigenvalue weighted by Gasteiger charge is 2.11. The lowest BCUT2D eigenvalue weighted by Gasteiger charge is -2.15. The zero-order chi connectivity index (χ0) is 18.4. The van der Waals surface area contributed by atoms with Crippen molar-refractivity contribution in [3.8, 4) is 0 Å². The maximum Gasteiger partial charge on any atom is 0.191 e. The Morgan fingerprint density at radius 1 is 1.07 bits per heavy atom. The molecular formula is C20H30IN5S. The molecular weight excluding hydrogens is 469 g/mol. The van der Waals surface area contributed by atoms with Crippen LogP contribution < -0.4 is 10.6 Å². The third-order valence-corrected chi connectivity index (χ3v) is 5.80. The van der Waals surface area contributed by atoms with Crippen molar-refractivity contribution < 1.29 is 0 Å². The van der Waals surface area contributed by atoms with Crippen LogP contribution >= 0.6 is 35.3 Å². The van der Waals surface area contributed by atoms with E-state index in [1.165, 1.54) is 41.9 Å². The number of benzene rings is 1. The Bertz CT molecular complexity index is 735. The molecule has 5 nitrogen and oxygen atoms in total. The molecule has 0 unspecified atom stereocenters. The predicted octanol–water partition coefficient (Wildman–Crippen LogP) is 3.84. The lowest BCUT2D eigenvalue weighted by atomic mass is 10.1. The normalized spacial score (nSPS) is 14.9. The second kappa shape index (κ2) is 11.0. The maximum atomic E-state index is 4.47. The number of likely N-dealkylation sites (tertiary alicyclic amines) is 1. The van der Waals surface area contributed by atoms with E-state index in [4.69, 9.17) is 0 Å². The average Bonchev–Trinajstić information content (AvgIpc) is 3.25. The summed E-state index contributed by atoms with van der Waals surface area (Å²) in [7, 11) is 1.80. The smallest absolute Gasteiger partial charge is 0.191 e. The first-order chi connectivity index (χ1) is 12.6. The van der Waals surface area contributed by atoms with Gasteiger partial charge in [0.15, 0.2) is 5.96 Å². The number of hydrogen-bond acceptors (Lipinski definition) is 4. The van der Waals surface area contributed by atoms with Crippen molar-refractivity contribution in [1.82, 2.24) is 20.5 Å². The summed E-state index contributed by atoms with van der Waals surface area (Å²) in [4.78, 5) is 12.6. The van der Waals surface area contributed by atoms with Crippen LogP contribution in [0.3, 0.4) is 0 Å². The van der Waals surface area contributed by atoms with Crippen molar-refractivity contribution in [1.29, 1.82) is 0 Å². The summed E-state index contributed by atoms with van der Waals surface area (Å²) in [5.41, 5.74) is 3.76. The highest BCUT2D eigenvalue weighted by molar-refractivity contribution is 14.0. The van der Waals surface area contributed by atoms with Gasteiger partial charge in [0.05, 0.1) is 17.2 Å². The van der Waals surface area contributed by atoms with Gasteiger partial charge in [0.1, 0.15) is 0 Å². The third-order valence-electron chi connectivity index (χ3n) is 4.73. The molecule has 1 fully saturated rings. The van der Waals surface area contributed by atoms with Crippen molar-refractivity contribution >= 4 is 41.3 Å². The van der Waals surface area contributed by atoms with Gasteiger partial charge < -0.3 is 10.6 Å². The quantitative estimate of drug-likeness (QED) is 0.361. The SMILES string of the molecule is CN=C(NCc1ccc(CN2CCCC2)cc1)NCc1sc(C)nc1C.I. The van der Waals surface area contributed by atoms with Crippen LogP contribution in [-0.2, 0) is 19.6 Å². The molecule has 0 aliphatic carbocycles. The fourth-order valence-electron chi connectivity index (χ4n) is 3.27. The zero-order valence-corrected chi connectivity index (χ0v) is 19.6. The molecule has 2 heterocycles. The van der Waals surface area contributed by atoms with Gasteiger partial charge in [-0.25, -0.2) is 4.98 Å². The lowest BCUT2D eigenvalue weighted by molar-refractivity contribution is 0.331. The van der Waals surface area contributed by atoms with Gasteiger partial charge in [-0.05, 0) is 50.9 Å². The molecule has 3 rings (SSSR count). The molecule has 0 spiro atoms. The summed E-state index contributed by atoms with van der Waals surface area (Å²) < 4.78 is 0. The fourth-order valence-corrected chi connectivity index (χ4v) is 4.15. The van der Waals surface area contributed by atoms with Gasteiger partial charge in [0.2, 0.25) is 0 Å². The summed E-state index contributed by atoms with van der Waals surface area (Å²) in [5, 5.41) is 7.87. The van der Waals surface area contributed by atoms with Gasteiger partial charge in [0.25, 0.3) is 0 Å². The van der Waals surface area contributed by atoms with E-state index in [0.717, 1.165) is 36.3 Å². The molecule has 1 aliphatic heterocycles. The Balaban J connectivity index is 0.00000261. The number of nitrogens with zero attached hydrogens (tertiary/aromatic N) is 3. The van der Waals surface area contributed by atoms with Crippen molar-refractivity contribution in [2.75, 3.05) is 20.1 Å². The number of thiazole rings is 1.